The molecule has 21 heavy (non-hydrogen) atoms. The number of hydrogen-bond acceptors (Lipinski definition) is 2. The first kappa shape index (κ1) is 13.9. The number of urea groups is 1. The second-order valence-corrected chi connectivity index (χ2v) is 6.05. The van der Waals surface area contributed by atoms with Crippen LogP contribution in [0.4, 0.5) is 4.79 Å². The van der Waals surface area contributed by atoms with Gasteiger partial charge in [-0.3, -0.25) is 0 Å². The monoisotopic (exact) mass is 288 g/mol. The maximum Gasteiger partial charge on any atom is 0.329 e. The molecule has 1 atom stereocenters. The summed E-state index contributed by atoms with van der Waals surface area (Å²) in [4.78, 5) is 23.3. The Morgan fingerprint density at radius 1 is 1.19 bits per heavy atom. The molecule has 0 spiro atoms. The van der Waals surface area contributed by atoms with E-state index >= 15 is 0 Å². The van der Waals surface area contributed by atoms with Gasteiger partial charge in [-0.1, -0.05) is 24.3 Å². The smallest absolute Gasteiger partial charge is 0.329 e. The van der Waals surface area contributed by atoms with Gasteiger partial charge in [0.05, 0.1) is 0 Å². The fourth-order valence-corrected chi connectivity index (χ4v) is 3.18. The molecule has 1 aromatic rings. The predicted octanol–water partition coefficient (Wildman–Crippen LogP) is 1.85. The van der Waals surface area contributed by atoms with Crippen molar-refractivity contribution < 1.29 is 14.7 Å². The number of carbonyl (C=O) groups is 2. The lowest BCUT2D eigenvalue weighted by Gasteiger charge is -2.38. The summed E-state index contributed by atoms with van der Waals surface area (Å²) in [6.07, 6.45) is 4.54. The molecular formula is C16H20N2O3. The molecular weight excluding hydrogens is 268 g/mol. The second kappa shape index (κ2) is 5.39. The van der Waals surface area contributed by atoms with Crippen LogP contribution in [-0.2, 0) is 17.6 Å². The van der Waals surface area contributed by atoms with Crippen LogP contribution < -0.4 is 10.6 Å². The van der Waals surface area contributed by atoms with Crippen molar-refractivity contribution in [3.63, 3.8) is 0 Å². The Bertz CT molecular complexity index is 566. The molecule has 0 aliphatic heterocycles. The number of nitrogens with one attached hydrogen (secondary N) is 2. The summed E-state index contributed by atoms with van der Waals surface area (Å²) in [6.45, 7) is 0. The molecule has 2 amide bonds. The Balaban J connectivity index is 1.58. The summed E-state index contributed by atoms with van der Waals surface area (Å²) in [5.74, 6) is -0.933. The van der Waals surface area contributed by atoms with E-state index in [1.54, 1.807) is 0 Å². The molecule has 0 heterocycles. The molecule has 1 saturated carbocycles. The van der Waals surface area contributed by atoms with Crippen molar-refractivity contribution in [2.45, 2.75) is 50.1 Å². The minimum absolute atomic E-state index is 0.0748. The van der Waals surface area contributed by atoms with Crippen LogP contribution in [0.1, 0.15) is 36.8 Å². The van der Waals surface area contributed by atoms with E-state index in [2.05, 4.69) is 22.8 Å². The van der Waals surface area contributed by atoms with Gasteiger partial charge in [-0.25, -0.2) is 9.59 Å². The van der Waals surface area contributed by atoms with Crippen LogP contribution in [0.3, 0.4) is 0 Å². The molecule has 2 aliphatic rings. The topological polar surface area (TPSA) is 78.4 Å². The largest absolute Gasteiger partial charge is 0.480 e. The molecule has 0 aromatic heterocycles. The van der Waals surface area contributed by atoms with Gasteiger partial charge in [-0.15, -0.1) is 0 Å². The van der Waals surface area contributed by atoms with Gasteiger partial charge in [0.2, 0.25) is 0 Å². The quantitative estimate of drug-likeness (QED) is 0.794. The van der Waals surface area contributed by atoms with Gasteiger partial charge in [-0.2, -0.15) is 0 Å². The number of carboxylic acids is 1. The summed E-state index contributed by atoms with van der Waals surface area (Å²) in [6, 6.07) is 7.97. The van der Waals surface area contributed by atoms with Gasteiger partial charge in [0.15, 0.2) is 0 Å². The maximum atomic E-state index is 12.1. The summed E-state index contributed by atoms with van der Waals surface area (Å²) in [7, 11) is 0. The van der Waals surface area contributed by atoms with E-state index in [0.717, 1.165) is 25.7 Å². The van der Waals surface area contributed by atoms with Crippen molar-refractivity contribution in [1.29, 1.82) is 0 Å². The zero-order chi connectivity index (χ0) is 14.9. The first-order chi connectivity index (χ1) is 10.1. The number of aliphatic carboxylic acids is 1. The lowest BCUT2D eigenvalue weighted by Crippen LogP contribution is -2.62. The first-order valence-corrected chi connectivity index (χ1v) is 7.48. The molecule has 1 aromatic carbocycles. The Labute approximate surface area is 123 Å². The number of benzene rings is 1. The zero-order valence-corrected chi connectivity index (χ0v) is 11.9. The van der Waals surface area contributed by atoms with Gasteiger partial charge >= 0.3 is 12.0 Å². The van der Waals surface area contributed by atoms with E-state index in [9.17, 15) is 14.7 Å². The molecule has 3 N–H and O–H groups in total. The Kier molecular flexibility index (Phi) is 3.57. The fraction of sp³-hybridized carbons (Fsp3) is 0.500. The highest BCUT2D eigenvalue weighted by Gasteiger charge is 2.45. The summed E-state index contributed by atoms with van der Waals surface area (Å²) in [5.41, 5.74) is 1.57. The SMILES string of the molecule is O=C(NC1CCc2ccccc2C1)NC1(C(=O)O)CCC1. The van der Waals surface area contributed by atoms with Crippen molar-refractivity contribution in [2.75, 3.05) is 0 Å². The fourth-order valence-electron chi connectivity index (χ4n) is 3.18. The molecule has 5 nitrogen and oxygen atoms in total. The Hall–Kier alpha value is -2.04. The van der Waals surface area contributed by atoms with Crippen LogP contribution in [-0.4, -0.2) is 28.7 Å². The van der Waals surface area contributed by atoms with Crippen LogP contribution in [0.25, 0.3) is 0 Å². The van der Waals surface area contributed by atoms with Crippen LogP contribution in [0.15, 0.2) is 24.3 Å². The summed E-state index contributed by atoms with van der Waals surface area (Å²) < 4.78 is 0. The number of aryl methyl sites for hydroxylation is 1. The molecule has 2 aliphatic carbocycles. The van der Waals surface area contributed by atoms with Crippen molar-refractivity contribution in [3.05, 3.63) is 35.4 Å². The number of amides is 2. The normalized spacial score (nSPS) is 22.6. The van der Waals surface area contributed by atoms with Gasteiger partial charge in [0.25, 0.3) is 0 Å². The van der Waals surface area contributed by atoms with E-state index in [-0.39, 0.29) is 12.1 Å². The second-order valence-electron chi connectivity index (χ2n) is 6.05. The standard InChI is InChI=1S/C16H20N2O3/c19-14(20)16(8-3-9-16)18-15(21)17-13-7-6-11-4-1-2-5-12(11)10-13/h1-2,4-5,13H,3,6-10H2,(H,19,20)(H2,17,18,21). The first-order valence-electron chi connectivity index (χ1n) is 7.48. The average Bonchev–Trinajstić information content (AvgIpc) is 2.42. The highest BCUT2D eigenvalue weighted by molar-refractivity contribution is 5.87. The average molecular weight is 288 g/mol. The molecule has 1 unspecified atom stereocenters. The minimum atomic E-state index is -1.04. The molecule has 0 bridgehead atoms. The van der Waals surface area contributed by atoms with E-state index in [4.69, 9.17) is 0 Å². The molecule has 112 valence electrons. The molecule has 0 saturated heterocycles. The number of rotatable bonds is 3. The van der Waals surface area contributed by atoms with E-state index in [1.165, 1.54) is 11.1 Å². The number of carboxylic acid groups (broad SMARTS) is 1. The van der Waals surface area contributed by atoms with Crippen molar-refractivity contribution in [1.82, 2.24) is 10.6 Å². The lowest BCUT2D eigenvalue weighted by molar-refractivity contribution is -0.148. The minimum Gasteiger partial charge on any atom is -0.480 e. The third kappa shape index (κ3) is 2.73. The van der Waals surface area contributed by atoms with Gasteiger partial charge < -0.3 is 15.7 Å². The number of hydrogen-bond donors (Lipinski definition) is 3. The zero-order valence-electron chi connectivity index (χ0n) is 11.9. The molecule has 5 heteroatoms. The van der Waals surface area contributed by atoms with E-state index < -0.39 is 11.5 Å². The van der Waals surface area contributed by atoms with Crippen molar-refractivity contribution >= 4 is 12.0 Å². The van der Waals surface area contributed by atoms with Crippen molar-refractivity contribution in [3.8, 4) is 0 Å². The summed E-state index contributed by atoms with van der Waals surface area (Å²) in [5, 5.41) is 14.8. The van der Waals surface area contributed by atoms with Crippen molar-refractivity contribution in [2.24, 2.45) is 0 Å². The molecule has 1 fully saturated rings. The van der Waals surface area contributed by atoms with E-state index in [1.807, 2.05) is 12.1 Å². The molecule has 0 radical (unpaired) electrons. The predicted molar refractivity (Wildman–Crippen MR) is 78.1 cm³/mol. The van der Waals surface area contributed by atoms with Gasteiger partial charge in [0, 0.05) is 6.04 Å². The number of fused-ring (bicyclic) bond motifs is 1. The summed E-state index contributed by atoms with van der Waals surface area (Å²) >= 11 is 0. The third-order valence-corrected chi connectivity index (χ3v) is 4.65. The number of carbonyl (C=O) groups excluding carboxylic acids is 1. The molecule has 3 rings (SSSR count). The Morgan fingerprint density at radius 3 is 2.52 bits per heavy atom. The lowest BCUT2D eigenvalue weighted by atomic mass is 9.77. The maximum absolute atomic E-state index is 12.1. The highest BCUT2D eigenvalue weighted by Crippen LogP contribution is 2.32. The highest BCUT2D eigenvalue weighted by atomic mass is 16.4. The van der Waals surface area contributed by atoms with Gasteiger partial charge in [0.1, 0.15) is 5.54 Å². The van der Waals surface area contributed by atoms with Crippen LogP contribution >= 0.6 is 0 Å². The third-order valence-electron chi connectivity index (χ3n) is 4.65. The Morgan fingerprint density at radius 2 is 1.90 bits per heavy atom. The van der Waals surface area contributed by atoms with Gasteiger partial charge in [-0.05, 0) is 49.7 Å². The van der Waals surface area contributed by atoms with Crippen LogP contribution in [0, 0.1) is 0 Å². The van der Waals surface area contributed by atoms with Crippen LogP contribution in [0.5, 0.6) is 0 Å². The van der Waals surface area contributed by atoms with Crippen LogP contribution in [0.2, 0.25) is 0 Å². The van der Waals surface area contributed by atoms with E-state index in [0.29, 0.717) is 12.8 Å².